The molecule has 1 aliphatic heterocycles. The lowest BCUT2D eigenvalue weighted by molar-refractivity contribution is 0.225. The first-order valence-electron chi connectivity index (χ1n) is 9.83. The Bertz CT molecular complexity index is 977. The second kappa shape index (κ2) is 8.69. The minimum absolute atomic E-state index is 0.362. The maximum atomic E-state index is 6.32. The Morgan fingerprint density at radius 3 is 2.62 bits per heavy atom. The molecule has 6 nitrogen and oxygen atoms in total. The number of nitrogens with one attached hydrogen (secondary N) is 1. The molecule has 1 aliphatic rings. The average Bonchev–Trinajstić information content (AvgIpc) is 2.90. The first-order chi connectivity index (χ1) is 14.2. The van der Waals surface area contributed by atoms with Crippen molar-refractivity contribution in [3.8, 4) is 17.1 Å². The molecule has 29 heavy (non-hydrogen) atoms. The molecule has 2 heterocycles. The van der Waals surface area contributed by atoms with Crippen LogP contribution in [0.2, 0.25) is 0 Å². The van der Waals surface area contributed by atoms with Crippen molar-refractivity contribution in [3.05, 3.63) is 54.1 Å². The Morgan fingerprint density at radius 2 is 1.86 bits per heavy atom. The van der Waals surface area contributed by atoms with Crippen molar-refractivity contribution in [1.29, 1.82) is 0 Å². The number of benzene rings is 2. The predicted molar refractivity (Wildman–Crippen MR) is 119 cm³/mol. The van der Waals surface area contributed by atoms with Gasteiger partial charge in [0.25, 0.3) is 0 Å². The first-order valence-corrected chi connectivity index (χ1v) is 10.8. The number of para-hydroxylation sites is 1. The normalized spacial score (nSPS) is 14.8. The SMILES string of the molecule is CCCCSc1nnc2c(n1)O[C@H](c1ccc(N(C)C)cc1)Nc1ccccc1-2. The number of hydrogen-bond donors (Lipinski definition) is 1. The van der Waals surface area contributed by atoms with Crippen molar-refractivity contribution in [2.45, 2.75) is 31.1 Å². The summed E-state index contributed by atoms with van der Waals surface area (Å²) in [6, 6.07) is 16.4. The third kappa shape index (κ3) is 4.29. The highest BCUT2D eigenvalue weighted by Gasteiger charge is 2.26. The molecule has 3 aromatic rings. The minimum Gasteiger partial charge on any atom is -0.448 e. The van der Waals surface area contributed by atoms with Crippen molar-refractivity contribution >= 4 is 23.1 Å². The number of hydrogen-bond acceptors (Lipinski definition) is 7. The zero-order valence-electron chi connectivity index (χ0n) is 16.9. The molecule has 2 aromatic carbocycles. The summed E-state index contributed by atoms with van der Waals surface area (Å²) in [5.41, 5.74) is 4.73. The molecule has 0 spiro atoms. The van der Waals surface area contributed by atoms with Crippen LogP contribution in [0.4, 0.5) is 11.4 Å². The Balaban J connectivity index is 1.70. The van der Waals surface area contributed by atoms with Crippen LogP contribution in [0, 0.1) is 0 Å². The molecule has 150 valence electrons. The minimum atomic E-state index is -0.362. The largest absolute Gasteiger partial charge is 0.448 e. The molecule has 0 saturated heterocycles. The molecule has 7 heteroatoms. The maximum absolute atomic E-state index is 6.32. The number of fused-ring (bicyclic) bond motifs is 3. The number of unbranched alkanes of at least 4 members (excludes halogenated alkanes) is 1. The van der Waals surface area contributed by atoms with Gasteiger partial charge < -0.3 is 15.0 Å². The van der Waals surface area contributed by atoms with Gasteiger partial charge >= 0.3 is 0 Å². The summed E-state index contributed by atoms with van der Waals surface area (Å²) in [5, 5.41) is 12.9. The van der Waals surface area contributed by atoms with Gasteiger partial charge in [0.15, 0.2) is 11.9 Å². The molecule has 0 unspecified atom stereocenters. The molecular formula is C22H25N5OS. The van der Waals surface area contributed by atoms with E-state index in [1.54, 1.807) is 11.8 Å². The predicted octanol–water partition coefficient (Wildman–Crippen LogP) is 5.00. The summed E-state index contributed by atoms with van der Waals surface area (Å²) >= 11 is 1.62. The van der Waals surface area contributed by atoms with E-state index in [0.717, 1.165) is 41.1 Å². The standard InChI is InChI=1S/C22H25N5OS/c1-4-5-14-29-22-24-21-19(25-26-22)17-8-6-7-9-18(17)23-20(28-21)15-10-12-16(13-11-15)27(2)3/h6-13,20,23H,4-5,14H2,1-3H3/t20-/m1/s1. The fourth-order valence-corrected chi connectivity index (χ4v) is 3.98. The van der Waals surface area contributed by atoms with Crippen molar-refractivity contribution in [3.63, 3.8) is 0 Å². The molecular weight excluding hydrogens is 382 g/mol. The topological polar surface area (TPSA) is 63.2 Å². The van der Waals surface area contributed by atoms with Gasteiger partial charge in [0.2, 0.25) is 11.0 Å². The van der Waals surface area contributed by atoms with Gasteiger partial charge in [-0.05, 0) is 24.6 Å². The second-order valence-electron chi connectivity index (χ2n) is 7.12. The van der Waals surface area contributed by atoms with Crippen molar-refractivity contribution in [2.24, 2.45) is 0 Å². The molecule has 1 aromatic heterocycles. The third-order valence-corrected chi connectivity index (χ3v) is 5.70. The molecule has 0 aliphatic carbocycles. The number of ether oxygens (including phenoxy) is 1. The molecule has 0 fully saturated rings. The lowest BCUT2D eigenvalue weighted by Gasteiger charge is -2.20. The van der Waals surface area contributed by atoms with E-state index in [1.807, 2.05) is 38.4 Å². The zero-order chi connectivity index (χ0) is 20.2. The highest BCUT2D eigenvalue weighted by molar-refractivity contribution is 7.99. The van der Waals surface area contributed by atoms with Gasteiger partial charge in [-0.3, -0.25) is 0 Å². The van der Waals surface area contributed by atoms with E-state index in [-0.39, 0.29) is 6.23 Å². The fourth-order valence-electron chi connectivity index (χ4n) is 3.11. The lowest BCUT2D eigenvalue weighted by atomic mass is 10.1. The van der Waals surface area contributed by atoms with Gasteiger partial charge in [-0.25, -0.2) is 0 Å². The van der Waals surface area contributed by atoms with Crippen LogP contribution in [-0.2, 0) is 0 Å². The average molecular weight is 408 g/mol. The fraction of sp³-hybridized carbons (Fsp3) is 0.318. The Hall–Kier alpha value is -2.80. The number of rotatable bonds is 6. The van der Waals surface area contributed by atoms with Gasteiger partial charge in [-0.1, -0.05) is 55.4 Å². The summed E-state index contributed by atoms with van der Waals surface area (Å²) in [4.78, 5) is 6.76. The Labute approximate surface area is 175 Å². The monoisotopic (exact) mass is 407 g/mol. The molecule has 1 N–H and O–H groups in total. The highest BCUT2D eigenvalue weighted by Crippen LogP contribution is 2.39. The van der Waals surface area contributed by atoms with Crippen molar-refractivity contribution in [2.75, 3.05) is 30.1 Å². The van der Waals surface area contributed by atoms with E-state index >= 15 is 0 Å². The third-order valence-electron chi connectivity index (χ3n) is 4.77. The van der Waals surface area contributed by atoms with Gasteiger partial charge in [-0.2, -0.15) is 4.98 Å². The summed E-state index contributed by atoms with van der Waals surface area (Å²) in [5.74, 6) is 1.49. The van der Waals surface area contributed by atoms with Gasteiger partial charge in [0.1, 0.15) is 0 Å². The molecule has 4 rings (SSSR count). The van der Waals surface area contributed by atoms with Crippen molar-refractivity contribution < 1.29 is 4.74 Å². The van der Waals surface area contributed by atoms with Crippen LogP contribution in [0.3, 0.4) is 0 Å². The molecule has 0 bridgehead atoms. The molecule has 0 saturated carbocycles. The van der Waals surface area contributed by atoms with E-state index in [2.05, 4.69) is 56.6 Å². The van der Waals surface area contributed by atoms with E-state index in [1.165, 1.54) is 0 Å². The van der Waals surface area contributed by atoms with Gasteiger partial charge in [-0.15, -0.1) is 10.2 Å². The Kier molecular flexibility index (Phi) is 5.85. The quantitative estimate of drug-likeness (QED) is 0.456. The van der Waals surface area contributed by atoms with E-state index < -0.39 is 0 Å². The molecule has 0 radical (unpaired) electrons. The number of anilines is 2. The summed E-state index contributed by atoms with van der Waals surface area (Å²) in [6.07, 6.45) is 1.90. The highest BCUT2D eigenvalue weighted by atomic mass is 32.2. The van der Waals surface area contributed by atoms with Crippen LogP contribution in [0.5, 0.6) is 5.88 Å². The van der Waals surface area contributed by atoms with Crippen LogP contribution in [0.15, 0.2) is 53.7 Å². The van der Waals surface area contributed by atoms with Gasteiger partial charge in [0.05, 0.1) is 0 Å². The van der Waals surface area contributed by atoms with Crippen LogP contribution in [0.25, 0.3) is 11.3 Å². The molecule has 0 amide bonds. The number of nitrogens with zero attached hydrogens (tertiary/aromatic N) is 4. The smallest absolute Gasteiger partial charge is 0.247 e. The maximum Gasteiger partial charge on any atom is 0.247 e. The molecule has 1 atom stereocenters. The van der Waals surface area contributed by atoms with Crippen LogP contribution in [0.1, 0.15) is 31.6 Å². The number of aromatic nitrogens is 3. The lowest BCUT2D eigenvalue weighted by Crippen LogP contribution is -2.17. The van der Waals surface area contributed by atoms with E-state index in [4.69, 9.17) is 4.74 Å². The van der Waals surface area contributed by atoms with Crippen LogP contribution >= 0.6 is 11.8 Å². The summed E-state index contributed by atoms with van der Waals surface area (Å²) < 4.78 is 6.32. The zero-order valence-corrected chi connectivity index (χ0v) is 17.7. The van der Waals surface area contributed by atoms with Crippen LogP contribution in [-0.4, -0.2) is 35.0 Å². The van der Waals surface area contributed by atoms with E-state index in [0.29, 0.717) is 16.7 Å². The second-order valence-corrected chi connectivity index (χ2v) is 8.19. The van der Waals surface area contributed by atoms with Crippen LogP contribution < -0.4 is 15.0 Å². The Morgan fingerprint density at radius 1 is 1.07 bits per heavy atom. The summed E-state index contributed by atoms with van der Waals surface area (Å²) in [6.45, 7) is 2.18. The number of thioether (sulfide) groups is 1. The van der Waals surface area contributed by atoms with E-state index in [9.17, 15) is 0 Å². The summed E-state index contributed by atoms with van der Waals surface area (Å²) in [7, 11) is 4.06. The first kappa shape index (κ1) is 19.5. The van der Waals surface area contributed by atoms with Gasteiger partial charge in [0, 0.05) is 42.3 Å². The van der Waals surface area contributed by atoms with Crippen molar-refractivity contribution in [1.82, 2.24) is 15.2 Å².